The molecule has 2 aromatic rings. The van der Waals surface area contributed by atoms with Crippen LogP contribution in [0, 0.1) is 26.2 Å². The topological polar surface area (TPSA) is 74.0 Å². The fourth-order valence-electron chi connectivity index (χ4n) is 2.75. The van der Waals surface area contributed by atoms with Crippen molar-refractivity contribution in [1.29, 1.82) is 0 Å². The zero-order valence-corrected chi connectivity index (χ0v) is 13.5. The van der Waals surface area contributed by atoms with Crippen molar-refractivity contribution in [3.05, 3.63) is 52.3 Å². The van der Waals surface area contributed by atoms with E-state index in [2.05, 4.69) is 21.5 Å². The van der Waals surface area contributed by atoms with Gasteiger partial charge in [-0.05, 0) is 49.8 Å². The molecule has 0 fully saturated rings. The molecule has 0 bridgehead atoms. The van der Waals surface area contributed by atoms with Crippen LogP contribution < -0.4 is 10.6 Å². The molecule has 0 spiro atoms. The van der Waals surface area contributed by atoms with Gasteiger partial charge in [0, 0.05) is 28.2 Å². The molecule has 0 radical (unpaired) electrons. The lowest BCUT2D eigenvalue weighted by molar-refractivity contribution is -0.110. The van der Waals surface area contributed by atoms with Gasteiger partial charge < -0.3 is 15.6 Å². The molecule has 1 aromatic carbocycles. The van der Waals surface area contributed by atoms with Crippen LogP contribution in [0.25, 0.3) is 11.6 Å². The molecule has 2 heterocycles. The number of nitrogens with one attached hydrogen (secondary N) is 3. The highest BCUT2D eigenvalue weighted by molar-refractivity contribution is 6.35. The maximum atomic E-state index is 12.3. The Kier molecular flexibility index (Phi) is 3.97. The Morgan fingerprint density at radius 1 is 1.33 bits per heavy atom. The van der Waals surface area contributed by atoms with E-state index in [-0.39, 0.29) is 18.4 Å². The summed E-state index contributed by atoms with van der Waals surface area (Å²) in [6, 6.07) is 7.11. The molecule has 5 nitrogen and oxygen atoms in total. The molecule has 0 saturated carbocycles. The van der Waals surface area contributed by atoms with E-state index in [1.807, 2.05) is 26.0 Å². The highest BCUT2D eigenvalue weighted by Gasteiger charge is 2.25. The number of aromatic nitrogens is 1. The molecule has 1 aliphatic rings. The summed E-state index contributed by atoms with van der Waals surface area (Å²) in [6.45, 7) is 4.11. The van der Waals surface area contributed by atoms with Crippen molar-refractivity contribution in [2.24, 2.45) is 0 Å². The normalized spacial score (nSPS) is 14.2. The number of hydrogen-bond donors (Lipinski definition) is 3. The number of carbonyl (C=O) groups excluding carboxylic acids is 2. The monoisotopic (exact) mass is 319 g/mol. The average molecular weight is 319 g/mol. The molecule has 5 heteroatoms. The molecule has 3 N–H and O–H groups in total. The maximum Gasteiger partial charge on any atom is 0.256 e. The Bertz CT molecular complexity index is 913. The van der Waals surface area contributed by atoms with E-state index in [1.165, 1.54) is 0 Å². The summed E-state index contributed by atoms with van der Waals surface area (Å²) < 4.78 is 0. The molecule has 0 atom stereocenters. The molecule has 0 aliphatic carbocycles. The summed E-state index contributed by atoms with van der Waals surface area (Å²) in [4.78, 5) is 27.6. The summed E-state index contributed by atoms with van der Waals surface area (Å²) >= 11 is 0. The maximum absolute atomic E-state index is 12.3. The van der Waals surface area contributed by atoms with Gasteiger partial charge in [0.05, 0.1) is 12.1 Å². The van der Waals surface area contributed by atoms with Crippen molar-refractivity contribution in [2.45, 2.75) is 13.8 Å². The van der Waals surface area contributed by atoms with E-state index in [1.54, 1.807) is 18.2 Å². The minimum atomic E-state index is -0.263. The first kappa shape index (κ1) is 15.6. The van der Waals surface area contributed by atoms with Gasteiger partial charge in [0.25, 0.3) is 11.8 Å². The number of rotatable bonds is 3. The number of carbonyl (C=O) groups is 2. The van der Waals surface area contributed by atoms with Crippen molar-refractivity contribution < 1.29 is 9.59 Å². The average Bonchev–Trinajstić information content (AvgIpc) is 3.04. The summed E-state index contributed by atoms with van der Waals surface area (Å²) in [5.41, 5.74) is 5.37. The number of fused-ring (bicyclic) bond motifs is 1. The van der Waals surface area contributed by atoms with Crippen LogP contribution in [0.1, 0.15) is 32.9 Å². The summed E-state index contributed by atoms with van der Waals surface area (Å²) in [6.07, 6.45) is 6.97. The predicted octanol–water partition coefficient (Wildman–Crippen LogP) is 2.49. The van der Waals surface area contributed by atoms with Gasteiger partial charge in [-0.25, -0.2) is 0 Å². The number of terminal acetylenes is 1. The number of H-pyrrole nitrogens is 1. The summed E-state index contributed by atoms with van der Waals surface area (Å²) in [5, 5.41) is 5.44. The van der Waals surface area contributed by atoms with Crippen LogP contribution in [-0.2, 0) is 4.79 Å². The fourth-order valence-corrected chi connectivity index (χ4v) is 2.75. The molecule has 2 amide bonds. The second-order valence-electron chi connectivity index (χ2n) is 5.71. The van der Waals surface area contributed by atoms with Gasteiger partial charge in [-0.15, -0.1) is 6.42 Å². The van der Waals surface area contributed by atoms with Gasteiger partial charge in [0.1, 0.15) is 0 Å². The zero-order valence-electron chi connectivity index (χ0n) is 13.5. The second kappa shape index (κ2) is 6.09. The van der Waals surface area contributed by atoms with E-state index in [0.29, 0.717) is 22.4 Å². The Balaban J connectivity index is 2.01. The first-order chi connectivity index (χ1) is 11.5. The van der Waals surface area contributed by atoms with Crippen LogP contribution in [0.2, 0.25) is 0 Å². The van der Waals surface area contributed by atoms with E-state index in [0.717, 1.165) is 17.0 Å². The van der Waals surface area contributed by atoms with Crippen molar-refractivity contribution >= 4 is 29.2 Å². The van der Waals surface area contributed by atoms with E-state index in [9.17, 15) is 9.59 Å². The third-order valence-electron chi connectivity index (χ3n) is 3.89. The number of aryl methyl sites for hydroxylation is 2. The first-order valence-corrected chi connectivity index (χ1v) is 7.55. The number of benzene rings is 1. The van der Waals surface area contributed by atoms with Crippen molar-refractivity contribution in [1.82, 2.24) is 10.3 Å². The van der Waals surface area contributed by atoms with Gasteiger partial charge in [-0.2, -0.15) is 0 Å². The standard InChI is InChI=1S/C19H17N3O2/c1-4-7-20-18(23)13-5-6-16-14(9-13)15(19(24)22-16)10-17-11(2)8-12(3)21-17/h1,5-6,8-10,21H,7H2,2-3H3,(H,20,23)(H,22,24)/b15-10-. The molecule has 120 valence electrons. The Morgan fingerprint density at radius 3 is 2.79 bits per heavy atom. The Hall–Kier alpha value is -3.26. The Morgan fingerprint density at radius 2 is 2.12 bits per heavy atom. The van der Waals surface area contributed by atoms with Crippen LogP contribution >= 0.6 is 0 Å². The fraction of sp³-hybridized carbons (Fsp3) is 0.158. The SMILES string of the molecule is C#CCNC(=O)c1ccc2c(c1)/C(=C/c1[nH]c(C)cc1C)C(=O)N2. The molecule has 1 aliphatic heterocycles. The summed E-state index contributed by atoms with van der Waals surface area (Å²) in [7, 11) is 0. The number of hydrogen-bond acceptors (Lipinski definition) is 2. The lowest BCUT2D eigenvalue weighted by Crippen LogP contribution is -2.23. The second-order valence-corrected chi connectivity index (χ2v) is 5.71. The largest absolute Gasteiger partial charge is 0.359 e. The zero-order chi connectivity index (χ0) is 17.3. The number of aromatic amines is 1. The lowest BCUT2D eigenvalue weighted by atomic mass is 10.0. The quantitative estimate of drug-likeness (QED) is 0.600. The van der Waals surface area contributed by atoms with E-state index >= 15 is 0 Å². The number of amides is 2. The van der Waals surface area contributed by atoms with Crippen molar-refractivity contribution in [2.75, 3.05) is 11.9 Å². The van der Waals surface area contributed by atoms with Crippen LogP contribution in [0.4, 0.5) is 5.69 Å². The van der Waals surface area contributed by atoms with Gasteiger partial charge in [-0.3, -0.25) is 9.59 Å². The highest BCUT2D eigenvalue weighted by Crippen LogP contribution is 2.34. The third-order valence-corrected chi connectivity index (χ3v) is 3.89. The van der Waals surface area contributed by atoms with Crippen LogP contribution in [-0.4, -0.2) is 23.3 Å². The van der Waals surface area contributed by atoms with Crippen molar-refractivity contribution in [3.63, 3.8) is 0 Å². The first-order valence-electron chi connectivity index (χ1n) is 7.55. The van der Waals surface area contributed by atoms with E-state index < -0.39 is 0 Å². The molecular formula is C19H17N3O2. The molecule has 3 rings (SSSR count). The van der Waals surface area contributed by atoms with Crippen LogP contribution in [0.5, 0.6) is 0 Å². The van der Waals surface area contributed by atoms with Crippen molar-refractivity contribution in [3.8, 4) is 12.3 Å². The van der Waals surface area contributed by atoms with E-state index in [4.69, 9.17) is 6.42 Å². The van der Waals surface area contributed by atoms with Gasteiger partial charge in [0.2, 0.25) is 0 Å². The molecule has 0 saturated heterocycles. The molecule has 24 heavy (non-hydrogen) atoms. The molecular weight excluding hydrogens is 302 g/mol. The smallest absolute Gasteiger partial charge is 0.256 e. The predicted molar refractivity (Wildman–Crippen MR) is 94.4 cm³/mol. The van der Waals surface area contributed by atoms with Crippen LogP contribution in [0.3, 0.4) is 0 Å². The Labute approximate surface area is 140 Å². The van der Waals surface area contributed by atoms with Gasteiger partial charge in [-0.1, -0.05) is 5.92 Å². The summed E-state index contributed by atoms with van der Waals surface area (Å²) in [5.74, 6) is 1.92. The van der Waals surface area contributed by atoms with Gasteiger partial charge in [0.15, 0.2) is 0 Å². The minimum Gasteiger partial charge on any atom is -0.359 e. The minimum absolute atomic E-state index is 0.163. The lowest BCUT2D eigenvalue weighted by Gasteiger charge is -2.04. The van der Waals surface area contributed by atoms with Gasteiger partial charge >= 0.3 is 0 Å². The molecule has 1 aromatic heterocycles. The number of anilines is 1. The molecule has 0 unspecified atom stereocenters. The highest BCUT2D eigenvalue weighted by atomic mass is 16.2. The van der Waals surface area contributed by atoms with Crippen LogP contribution in [0.15, 0.2) is 24.3 Å². The third kappa shape index (κ3) is 2.82.